The maximum absolute atomic E-state index is 11.8. The molecular formula is C19H18ClN3O4S. The molecule has 0 saturated carbocycles. The van der Waals surface area contributed by atoms with Gasteiger partial charge in [-0.3, -0.25) is 25.8 Å². The summed E-state index contributed by atoms with van der Waals surface area (Å²) in [6.07, 6.45) is 2.94. The van der Waals surface area contributed by atoms with Crippen molar-refractivity contribution in [3.8, 4) is 11.5 Å². The first kappa shape index (κ1) is 21.2. The highest BCUT2D eigenvalue weighted by molar-refractivity contribution is 7.80. The molecule has 0 radical (unpaired) electrons. The van der Waals surface area contributed by atoms with Gasteiger partial charge in [-0.1, -0.05) is 23.7 Å². The molecule has 0 bridgehead atoms. The van der Waals surface area contributed by atoms with Crippen LogP contribution in [-0.4, -0.2) is 30.6 Å². The molecule has 0 fully saturated rings. The van der Waals surface area contributed by atoms with Crippen LogP contribution in [0.3, 0.4) is 0 Å². The van der Waals surface area contributed by atoms with Gasteiger partial charge in [0.2, 0.25) is 5.91 Å². The van der Waals surface area contributed by atoms with Crippen LogP contribution in [0.25, 0.3) is 6.08 Å². The van der Waals surface area contributed by atoms with Crippen LogP contribution in [0.1, 0.15) is 5.56 Å². The quantitative estimate of drug-likeness (QED) is 0.378. The number of amides is 2. The summed E-state index contributed by atoms with van der Waals surface area (Å²) in [5, 5.41) is 2.93. The Labute approximate surface area is 172 Å². The van der Waals surface area contributed by atoms with Crippen molar-refractivity contribution in [1.82, 2.24) is 16.2 Å². The Kier molecular flexibility index (Phi) is 8.26. The van der Waals surface area contributed by atoms with E-state index in [0.29, 0.717) is 10.8 Å². The van der Waals surface area contributed by atoms with E-state index in [2.05, 4.69) is 16.2 Å². The first-order chi connectivity index (χ1) is 13.5. The molecule has 0 aliphatic heterocycles. The van der Waals surface area contributed by atoms with Gasteiger partial charge >= 0.3 is 0 Å². The zero-order valence-corrected chi connectivity index (χ0v) is 16.5. The molecule has 0 heterocycles. The number of halogens is 1. The Morgan fingerprint density at radius 3 is 2.32 bits per heavy atom. The number of thiocarbonyl (C=S) groups is 1. The summed E-state index contributed by atoms with van der Waals surface area (Å²) >= 11 is 10.7. The number of benzene rings is 2. The van der Waals surface area contributed by atoms with E-state index < -0.39 is 11.8 Å². The number of methoxy groups -OCH3 is 1. The second-order valence-corrected chi connectivity index (χ2v) is 6.19. The highest BCUT2D eigenvalue weighted by atomic mass is 35.5. The van der Waals surface area contributed by atoms with Crippen LogP contribution < -0.4 is 25.6 Å². The van der Waals surface area contributed by atoms with Crippen LogP contribution in [-0.2, 0) is 9.59 Å². The third-order valence-electron chi connectivity index (χ3n) is 3.28. The zero-order valence-electron chi connectivity index (χ0n) is 14.9. The van der Waals surface area contributed by atoms with E-state index in [1.165, 1.54) is 6.08 Å². The van der Waals surface area contributed by atoms with Gasteiger partial charge in [0.25, 0.3) is 5.91 Å². The van der Waals surface area contributed by atoms with Gasteiger partial charge in [-0.2, -0.15) is 0 Å². The molecule has 2 aromatic rings. The summed E-state index contributed by atoms with van der Waals surface area (Å²) in [5.41, 5.74) is 5.56. The van der Waals surface area contributed by atoms with Crippen molar-refractivity contribution in [2.24, 2.45) is 0 Å². The maximum atomic E-state index is 11.8. The third kappa shape index (κ3) is 7.65. The molecule has 0 aliphatic rings. The van der Waals surface area contributed by atoms with Crippen molar-refractivity contribution in [2.45, 2.75) is 0 Å². The molecule has 0 aromatic heterocycles. The van der Waals surface area contributed by atoms with E-state index in [9.17, 15) is 9.59 Å². The minimum absolute atomic E-state index is 0.0516. The van der Waals surface area contributed by atoms with Crippen LogP contribution in [0.5, 0.6) is 11.5 Å². The van der Waals surface area contributed by atoms with Crippen LogP contribution in [0.2, 0.25) is 5.02 Å². The lowest BCUT2D eigenvalue weighted by Gasteiger charge is -2.10. The smallest absolute Gasteiger partial charge is 0.276 e. The topological polar surface area (TPSA) is 88.7 Å². The van der Waals surface area contributed by atoms with E-state index in [-0.39, 0.29) is 11.7 Å². The first-order valence-electron chi connectivity index (χ1n) is 8.06. The van der Waals surface area contributed by atoms with Crippen LogP contribution in [0.15, 0.2) is 54.6 Å². The summed E-state index contributed by atoms with van der Waals surface area (Å²) in [6.45, 7) is -0.234. The molecule has 7 nitrogen and oxygen atoms in total. The fourth-order valence-corrected chi connectivity index (χ4v) is 2.19. The Bertz CT molecular complexity index is 854. The third-order valence-corrected chi connectivity index (χ3v) is 3.73. The average Bonchev–Trinajstić information content (AvgIpc) is 2.70. The molecule has 2 amide bonds. The minimum Gasteiger partial charge on any atom is -0.497 e. The Balaban J connectivity index is 1.68. The Morgan fingerprint density at radius 1 is 1.04 bits per heavy atom. The number of ether oxygens (including phenoxy) is 2. The van der Waals surface area contributed by atoms with E-state index in [4.69, 9.17) is 33.3 Å². The van der Waals surface area contributed by atoms with Gasteiger partial charge < -0.3 is 9.47 Å². The van der Waals surface area contributed by atoms with Crippen molar-refractivity contribution in [3.05, 3.63) is 65.2 Å². The molecule has 0 saturated heterocycles. The lowest BCUT2D eigenvalue weighted by Crippen LogP contribution is -2.49. The fourth-order valence-electron chi connectivity index (χ4n) is 1.91. The number of hydrogen-bond acceptors (Lipinski definition) is 5. The van der Waals surface area contributed by atoms with Crippen LogP contribution in [0.4, 0.5) is 0 Å². The van der Waals surface area contributed by atoms with Gasteiger partial charge in [0, 0.05) is 11.1 Å². The molecule has 146 valence electrons. The van der Waals surface area contributed by atoms with Crippen molar-refractivity contribution in [3.63, 3.8) is 0 Å². The van der Waals surface area contributed by atoms with Crippen molar-refractivity contribution < 1.29 is 19.1 Å². The van der Waals surface area contributed by atoms with E-state index >= 15 is 0 Å². The van der Waals surface area contributed by atoms with Gasteiger partial charge in [0.05, 0.1) is 7.11 Å². The normalized spacial score (nSPS) is 10.2. The van der Waals surface area contributed by atoms with Crippen molar-refractivity contribution >= 4 is 46.8 Å². The predicted molar refractivity (Wildman–Crippen MR) is 111 cm³/mol. The van der Waals surface area contributed by atoms with Crippen molar-refractivity contribution in [2.75, 3.05) is 13.7 Å². The van der Waals surface area contributed by atoms with Gasteiger partial charge in [0.15, 0.2) is 11.7 Å². The first-order valence-corrected chi connectivity index (χ1v) is 8.85. The van der Waals surface area contributed by atoms with Gasteiger partial charge in [0.1, 0.15) is 11.5 Å². The number of rotatable bonds is 6. The zero-order chi connectivity index (χ0) is 20.4. The molecule has 2 aromatic carbocycles. The second-order valence-electron chi connectivity index (χ2n) is 5.34. The average molecular weight is 420 g/mol. The molecule has 9 heteroatoms. The van der Waals surface area contributed by atoms with E-state index in [0.717, 1.165) is 11.3 Å². The van der Waals surface area contributed by atoms with Gasteiger partial charge in [-0.05, 0) is 60.3 Å². The summed E-state index contributed by atoms with van der Waals surface area (Å²) in [7, 11) is 1.58. The summed E-state index contributed by atoms with van der Waals surface area (Å²) in [5.74, 6) is 0.308. The van der Waals surface area contributed by atoms with Gasteiger partial charge in [-0.25, -0.2) is 0 Å². The van der Waals surface area contributed by atoms with Crippen molar-refractivity contribution in [1.29, 1.82) is 0 Å². The Hall–Kier alpha value is -3.10. The van der Waals surface area contributed by atoms with Crippen LogP contribution in [0, 0.1) is 0 Å². The SMILES string of the molecule is COc1ccc(/C=C/C(=O)NC(=S)NNC(=O)COc2ccc(Cl)cc2)cc1. The second kappa shape index (κ2) is 10.9. The molecule has 0 unspecified atom stereocenters. The fraction of sp³-hybridized carbons (Fsp3) is 0.105. The lowest BCUT2D eigenvalue weighted by atomic mass is 10.2. The maximum Gasteiger partial charge on any atom is 0.276 e. The summed E-state index contributed by atoms with van der Waals surface area (Å²) < 4.78 is 10.3. The predicted octanol–water partition coefficient (Wildman–Crippen LogP) is 2.46. The van der Waals surface area contributed by atoms with E-state index in [1.807, 2.05) is 0 Å². The lowest BCUT2D eigenvalue weighted by molar-refractivity contribution is -0.123. The largest absolute Gasteiger partial charge is 0.497 e. The number of hydrogen-bond donors (Lipinski definition) is 3. The highest BCUT2D eigenvalue weighted by Crippen LogP contribution is 2.15. The summed E-state index contributed by atoms with van der Waals surface area (Å²) in [4.78, 5) is 23.5. The summed E-state index contributed by atoms with van der Waals surface area (Å²) in [6, 6.07) is 13.8. The minimum atomic E-state index is -0.472. The molecule has 0 aliphatic carbocycles. The Morgan fingerprint density at radius 2 is 1.68 bits per heavy atom. The number of carbonyl (C=O) groups excluding carboxylic acids is 2. The molecule has 2 rings (SSSR count). The molecule has 0 atom stereocenters. The highest BCUT2D eigenvalue weighted by Gasteiger charge is 2.05. The molecular weight excluding hydrogens is 402 g/mol. The monoisotopic (exact) mass is 419 g/mol. The molecule has 3 N–H and O–H groups in total. The standard InChI is InChI=1S/C19H18ClN3O4S/c1-26-15-7-2-13(3-8-15)4-11-17(24)21-19(28)23-22-18(25)12-27-16-9-5-14(20)6-10-16/h2-11H,12H2,1H3,(H,22,25)(H2,21,23,24,28)/b11-4+. The van der Waals surface area contributed by atoms with Gasteiger partial charge in [-0.15, -0.1) is 0 Å². The number of carbonyl (C=O) groups is 2. The van der Waals surface area contributed by atoms with E-state index in [1.54, 1.807) is 61.7 Å². The molecule has 0 spiro atoms. The molecule has 28 heavy (non-hydrogen) atoms. The van der Waals surface area contributed by atoms with Crippen LogP contribution >= 0.6 is 23.8 Å². The number of nitrogens with one attached hydrogen (secondary N) is 3. The number of hydrazine groups is 1.